The topological polar surface area (TPSA) is 32.3 Å². The second-order valence-electron chi connectivity index (χ2n) is 3.72. The molecule has 0 radical (unpaired) electrons. The molecule has 16 heavy (non-hydrogen) atoms. The number of hydrogen-bond donors (Lipinski definition) is 1. The first-order valence-corrected chi connectivity index (χ1v) is 6.66. The van der Waals surface area contributed by atoms with Crippen molar-refractivity contribution >= 4 is 43.5 Å². The van der Waals surface area contributed by atoms with E-state index in [4.69, 9.17) is 0 Å². The molecule has 1 aromatic rings. The predicted molar refractivity (Wildman–Crippen MR) is 71.7 cm³/mol. The number of nitrogens with one attached hydrogen (secondary N) is 1. The summed E-state index contributed by atoms with van der Waals surface area (Å²) >= 11 is 6.88. The van der Waals surface area contributed by atoms with Crippen LogP contribution in [0, 0.1) is 0 Å². The summed E-state index contributed by atoms with van der Waals surface area (Å²) in [5, 5.41) is 3.03. The monoisotopic (exact) mass is 346 g/mol. The second kappa shape index (κ2) is 4.85. The lowest BCUT2D eigenvalue weighted by atomic mass is 10.2. The third-order valence-electron chi connectivity index (χ3n) is 2.75. The Morgan fingerprint density at radius 2 is 2.19 bits per heavy atom. The van der Waals surface area contributed by atoms with Gasteiger partial charge in [-0.3, -0.25) is 4.79 Å². The summed E-state index contributed by atoms with van der Waals surface area (Å²) in [5.74, 6) is 0.144. The Morgan fingerprint density at radius 1 is 1.44 bits per heavy atom. The summed E-state index contributed by atoms with van der Waals surface area (Å²) in [6.07, 6.45) is 0.859. The molecule has 0 aliphatic carbocycles. The Bertz CT molecular complexity index is 422. The predicted octanol–water partition coefficient (Wildman–Crippen LogP) is 2.54. The normalized spacial score (nSPS) is 20.6. The second-order valence-corrected chi connectivity index (χ2v) is 5.49. The van der Waals surface area contributed by atoms with Crippen LogP contribution in [0.15, 0.2) is 27.1 Å². The fraction of sp³-hybridized carbons (Fsp3) is 0.364. The zero-order valence-corrected chi connectivity index (χ0v) is 12.0. The highest BCUT2D eigenvalue weighted by atomic mass is 79.9. The molecule has 1 fully saturated rings. The molecule has 1 amide bonds. The Labute approximate surface area is 111 Å². The molecule has 1 unspecified atom stereocenters. The zero-order chi connectivity index (χ0) is 11.7. The lowest BCUT2D eigenvalue weighted by Gasteiger charge is -2.18. The van der Waals surface area contributed by atoms with E-state index in [-0.39, 0.29) is 11.9 Å². The van der Waals surface area contributed by atoms with Gasteiger partial charge in [0.2, 0.25) is 5.91 Å². The maximum absolute atomic E-state index is 12.0. The largest absolute Gasteiger partial charge is 0.310 e. The first-order chi connectivity index (χ1) is 7.63. The van der Waals surface area contributed by atoms with Crippen molar-refractivity contribution in [3.05, 3.63) is 27.1 Å². The van der Waals surface area contributed by atoms with Gasteiger partial charge in [-0.05, 0) is 47.6 Å². The van der Waals surface area contributed by atoms with Crippen LogP contribution in [0.3, 0.4) is 0 Å². The zero-order valence-electron chi connectivity index (χ0n) is 8.84. The van der Waals surface area contributed by atoms with Crippen molar-refractivity contribution in [1.29, 1.82) is 0 Å². The molecule has 0 saturated carbocycles. The lowest BCUT2D eigenvalue weighted by Crippen LogP contribution is -2.36. The Hall–Kier alpha value is -0.390. The van der Waals surface area contributed by atoms with Gasteiger partial charge in [0.1, 0.15) is 0 Å². The SMILES string of the molecule is CNC1CCN(c2ccc(Br)cc2Br)C1=O. The van der Waals surface area contributed by atoms with E-state index >= 15 is 0 Å². The number of rotatable bonds is 2. The van der Waals surface area contributed by atoms with E-state index in [9.17, 15) is 4.79 Å². The smallest absolute Gasteiger partial charge is 0.244 e. The summed E-state index contributed by atoms with van der Waals surface area (Å²) in [6.45, 7) is 0.768. The van der Waals surface area contributed by atoms with Gasteiger partial charge in [0.05, 0.1) is 11.7 Å². The van der Waals surface area contributed by atoms with Crippen molar-refractivity contribution < 1.29 is 4.79 Å². The number of nitrogens with zero attached hydrogens (tertiary/aromatic N) is 1. The average Bonchev–Trinajstić information content (AvgIpc) is 2.60. The standard InChI is InChI=1S/C11H12Br2N2O/c1-14-9-4-5-15(11(9)16)10-3-2-7(12)6-8(10)13/h2-3,6,9,14H,4-5H2,1H3. The van der Waals surface area contributed by atoms with Crippen LogP contribution in [0.25, 0.3) is 0 Å². The fourth-order valence-electron chi connectivity index (χ4n) is 1.89. The van der Waals surface area contributed by atoms with Gasteiger partial charge in [0, 0.05) is 15.5 Å². The first kappa shape index (κ1) is 12.1. The summed E-state index contributed by atoms with van der Waals surface area (Å²) in [4.78, 5) is 13.8. The van der Waals surface area contributed by atoms with Crippen LogP contribution in [0.2, 0.25) is 0 Å². The van der Waals surface area contributed by atoms with Crippen molar-refractivity contribution in [2.24, 2.45) is 0 Å². The number of carbonyl (C=O) groups is 1. The third-order valence-corrected chi connectivity index (χ3v) is 3.88. The molecule has 1 aromatic carbocycles. The molecule has 1 N–H and O–H groups in total. The molecule has 86 valence electrons. The molecule has 0 aromatic heterocycles. The molecule has 1 atom stereocenters. The molecule has 0 spiro atoms. The molecule has 0 bridgehead atoms. The van der Waals surface area contributed by atoms with Crippen molar-refractivity contribution in [3.8, 4) is 0 Å². The van der Waals surface area contributed by atoms with E-state index < -0.39 is 0 Å². The summed E-state index contributed by atoms with van der Waals surface area (Å²) in [6, 6.07) is 5.80. The molecule has 3 nitrogen and oxygen atoms in total. The van der Waals surface area contributed by atoms with Crippen LogP contribution in [-0.4, -0.2) is 25.5 Å². The molecular weight excluding hydrogens is 336 g/mol. The van der Waals surface area contributed by atoms with Gasteiger partial charge in [-0.1, -0.05) is 15.9 Å². The number of carbonyl (C=O) groups excluding carboxylic acids is 1. The average molecular weight is 348 g/mol. The highest BCUT2D eigenvalue weighted by Crippen LogP contribution is 2.31. The van der Waals surface area contributed by atoms with Crippen molar-refractivity contribution in [1.82, 2.24) is 5.32 Å². The molecule has 1 saturated heterocycles. The fourth-order valence-corrected chi connectivity index (χ4v) is 3.15. The van der Waals surface area contributed by atoms with Gasteiger partial charge >= 0.3 is 0 Å². The minimum atomic E-state index is -0.0458. The summed E-state index contributed by atoms with van der Waals surface area (Å²) in [7, 11) is 1.82. The molecule has 1 aliphatic heterocycles. The number of amides is 1. The molecule has 2 rings (SSSR count). The minimum Gasteiger partial charge on any atom is -0.310 e. The van der Waals surface area contributed by atoms with E-state index in [2.05, 4.69) is 37.2 Å². The Morgan fingerprint density at radius 3 is 2.75 bits per heavy atom. The van der Waals surface area contributed by atoms with Gasteiger partial charge in [-0.25, -0.2) is 0 Å². The van der Waals surface area contributed by atoms with Gasteiger partial charge < -0.3 is 10.2 Å². The molecular formula is C11H12Br2N2O. The van der Waals surface area contributed by atoms with Crippen LogP contribution in [0.4, 0.5) is 5.69 Å². The van der Waals surface area contributed by atoms with Crippen LogP contribution in [0.5, 0.6) is 0 Å². The van der Waals surface area contributed by atoms with Crippen molar-refractivity contribution in [2.75, 3.05) is 18.5 Å². The molecule has 1 aliphatic rings. The highest BCUT2D eigenvalue weighted by Gasteiger charge is 2.32. The Balaban J connectivity index is 2.29. The maximum Gasteiger partial charge on any atom is 0.244 e. The van der Waals surface area contributed by atoms with E-state index in [1.807, 2.05) is 30.1 Å². The number of halogens is 2. The van der Waals surface area contributed by atoms with E-state index in [1.54, 1.807) is 0 Å². The number of hydrogen-bond acceptors (Lipinski definition) is 2. The van der Waals surface area contributed by atoms with Gasteiger partial charge in [-0.2, -0.15) is 0 Å². The van der Waals surface area contributed by atoms with Crippen LogP contribution >= 0.6 is 31.9 Å². The van der Waals surface area contributed by atoms with Crippen molar-refractivity contribution in [2.45, 2.75) is 12.5 Å². The third kappa shape index (κ3) is 2.17. The van der Waals surface area contributed by atoms with Crippen molar-refractivity contribution in [3.63, 3.8) is 0 Å². The summed E-state index contributed by atoms with van der Waals surface area (Å²) in [5.41, 5.74) is 0.936. The van der Waals surface area contributed by atoms with Crippen LogP contribution < -0.4 is 10.2 Å². The first-order valence-electron chi connectivity index (χ1n) is 5.07. The number of anilines is 1. The van der Waals surface area contributed by atoms with E-state index in [0.717, 1.165) is 27.6 Å². The highest BCUT2D eigenvalue weighted by molar-refractivity contribution is 9.11. The molecule has 1 heterocycles. The van der Waals surface area contributed by atoms with Crippen LogP contribution in [0.1, 0.15) is 6.42 Å². The van der Waals surface area contributed by atoms with Crippen LogP contribution in [-0.2, 0) is 4.79 Å². The quantitative estimate of drug-likeness (QED) is 0.891. The minimum absolute atomic E-state index is 0.0458. The number of benzene rings is 1. The maximum atomic E-state index is 12.0. The van der Waals surface area contributed by atoms with E-state index in [1.165, 1.54) is 0 Å². The summed E-state index contributed by atoms with van der Waals surface area (Å²) < 4.78 is 1.94. The van der Waals surface area contributed by atoms with Gasteiger partial charge in [0.15, 0.2) is 0 Å². The van der Waals surface area contributed by atoms with Gasteiger partial charge in [0.25, 0.3) is 0 Å². The molecule has 5 heteroatoms. The number of likely N-dealkylation sites (N-methyl/N-ethyl adjacent to an activating group) is 1. The van der Waals surface area contributed by atoms with Gasteiger partial charge in [-0.15, -0.1) is 0 Å². The Kier molecular flexibility index (Phi) is 3.66. The lowest BCUT2D eigenvalue weighted by molar-refractivity contribution is -0.118. The van der Waals surface area contributed by atoms with E-state index in [0.29, 0.717) is 0 Å².